The van der Waals surface area contributed by atoms with Gasteiger partial charge in [0.15, 0.2) is 0 Å². The molecule has 1 aliphatic heterocycles. The number of carbonyl (C=O) groups is 2. The molecule has 7 nitrogen and oxygen atoms in total. The first-order chi connectivity index (χ1) is 17.8. The van der Waals surface area contributed by atoms with Crippen molar-refractivity contribution in [3.8, 4) is 0 Å². The molecule has 3 N–H and O–H groups in total. The van der Waals surface area contributed by atoms with Gasteiger partial charge in [0, 0.05) is 24.3 Å². The zero-order valence-electron chi connectivity index (χ0n) is 20.2. The number of nitrogens with two attached hydrogens (primary N) is 1. The first-order valence-electron chi connectivity index (χ1n) is 11.4. The van der Waals surface area contributed by atoms with Gasteiger partial charge in [-0.2, -0.15) is 26.3 Å². The lowest BCUT2D eigenvalue weighted by atomic mass is 9.87. The highest BCUT2D eigenvalue weighted by Crippen LogP contribution is 2.51. The second-order valence-electron chi connectivity index (χ2n) is 9.25. The van der Waals surface area contributed by atoms with Crippen molar-refractivity contribution in [1.29, 1.82) is 0 Å². The Bertz CT molecular complexity index is 1340. The van der Waals surface area contributed by atoms with Crippen molar-refractivity contribution in [3.63, 3.8) is 0 Å². The Morgan fingerprint density at radius 2 is 1.62 bits per heavy atom. The molecule has 214 valence electrons. The number of benzene rings is 2. The molecule has 2 atom stereocenters. The van der Waals surface area contributed by atoms with Crippen LogP contribution in [-0.4, -0.2) is 43.6 Å². The van der Waals surface area contributed by atoms with Gasteiger partial charge in [0.2, 0.25) is 5.91 Å². The number of hydrogen-bond acceptors (Lipinski definition) is 5. The Labute approximate surface area is 218 Å². The molecule has 15 heteroatoms. The maximum absolute atomic E-state index is 13.6. The number of ketones is 1. The number of aliphatic hydroxyl groups is 1. The minimum absolute atomic E-state index is 0.204. The number of alkyl halides is 6. The van der Waals surface area contributed by atoms with Crippen molar-refractivity contribution in [2.75, 3.05) is 4.31 Å². The molecule has 0 aliphatic carbocycles. The molecule has 0 aromatic heterocycles. The highest BCUT2D eigenvalue weighted by molar-refractivity contribution is 7.92. The van der Waals surface area contributed by atoms with Crippen molar-refractivity contribution in [2.45, 2.75) is 61.5 Å². The zero-order chi connectivity index (χ0) is 29.6. The quantitative estimate of drug-likeness (QED) is 0.453. The van der Waals surface area contributed by atoms with Crippen molar-refractivity contribution in [3.05, 3.63) is 59.4 Å². The number of primary amides is 1. The summed E-state index contributed by atoms with van der Waals surface area (Å²) in [5.41, 5.74) is -2.21. The van der Waals surface area contributed by atoms with E-state index in [2.05, 4.69) is 0 Å². The smallest absolute Gasteiger partial charge is 0.369 e. The summed E-state index contributed by atoms with van der Waals surface area (Å²) in [4.78, 5) is 23.5. The van der Waals surface area contributed by atoms with Crippen LogP contribution in [0.15, 0.2) is 47.4 Å². The number of rotatable bonds is 8. The van der Waals surface area contributed by atoms with Crippen molar-refractivity contribution >= 4 is 27.4 Å². The Morgan fingerprint density at radius 3 is 2.13 bits per heavy atom. The number of sulfonamides is 1. The van der Waals surface area contributed by atoms with Gasteiger partial charge < -0.3 is 10.8 Å². The van der Waals surface area contributed by atoms with E-state index in [4.69, 9.17) is 5.73 Å². The van der Waals surface area contributed by atoms with Gasteiger partial charge in [-0.3, -0.25) is 13.9 Å². The lowest BCUT2D eigenvalue weighted by Gasteiger charge is -2.39. The van der Waals surface area contributed by atoms with Crippen LogP contribution in [-0.2, 0) is 31.6 Å². The molecule has 39 heavy (non-hydrogen) atoms. The average Bonchev–Trinajstić information content (AvgIpc) is 2.81. The first-order valence-corrected chi connectivity index (χ1v) is 12.8. The van der Waals surface area contributed by atoms with E-state index in [0.29, 0.717) is 22.5 Å². The van der Waals surface area contributed by atoms with E-state index < -0.39 is 74.3 Å². The fourth-order valence-electron chi connectivity index (χ4n) is 4.37. The lowest BCUT2D eigenvalue weighted by Crippen LogP contribution is -2.54. The first kappa shape index (κ1) is 30.3. The number of anilines is 1. The Kier molecular flexibility index (Phi) is 8.10. The zero-order valence-corrected chi connectivity index (χ0v) is 21.0. The van der Waals surface area contributed by atoms with E-state index in [9.17, 15) is 53.8 Å². The molecule has 1 aliphatic rings. The van der Waals surface area contributed by atoms with Crippen molar-refractivity contribution < 1.29 is 53.8 Å². The van der Waals surface area contributed by atoms with Crippen LogP contribution in [0.1, 0.15) is 37.3 Å². The third-order valence-electron chi connectivity index (χ3n) is 6.49. The van der Waals surface area contributed by atoms with Crippen molar-refractivity contribution in [1.82, 2.24) is 0 Å². The summed E-state index contributed by atoms with van der Waals surface area (Å²) in [6, 6.07) is 3.78. The van der Waals surface area contributed by atoms with Gasteiger partial charge in [-0.05, 0) is 48.7 Å². The van der Waals surface area contributed by atoms with Gasteiger partial charge in [-0.1, -0.05) is 19.1 Å². The maximum Gasteiger partial charge on any atom is 0.430 e. The number of aryl methyl sites for hydroxylation is 1. The number of amides is 1. The molecule has 0 radical (unpaired) electrons. The van der Waals surface area contributed by atoms with Crippen LogP contribution in [0.5, 0.6) is 0 Å². The Morgan fingerprint density at radius 1 is 1.05 bits per heavy atom. The molecule has 1 heterocycles. The third kappa shape index (κ3) is 5.73. The summed E-state index contributed by atoms with van der Waals surface area (Å²) < 4.78 is 122. The maximum atomic E-state index is 13.6. The number of Topliss-reactive ketones (excluding diaryl/α,β-unsaturated/α-hetero) is 1. The third-order valence-corrected chi connectivity index (χ3v) is 8.37. The Balaban J connectivity index is 2.14. The van der Waals surface area contributed by atoms with E-state index >= 15 is 0 Å². The molecule has 2 aromatic rings. The standard InChI is InChI=1S/C24H23F7N2O5S/c1-13(21(32)35)10-18(34)12-17-6-2-14-11-15(22(36,23(26,27)28)24(29,30)31)3-9-20(14)33(17)39(37,38)19-7-4-16(25)5-8-19/h3-5,7-9,11,13,17,36H,2,6,10,12H2,1H3,(H2,32,35)/t13-,17+/m1/s1. The van der Waals surface area contributed by atoms with Gasteiger partial charge in [-0.15, -0.1) is 0 Å². The van der Waals surface area contributed by atoms with Crippen LogP contribution < -0.4 is 10.0 Å². The topological polar surface area (TPSA) is 118 Å². The normalized spacial score (nSPS) is 17.5. The van der Waals surface area contributed by atoms with E-state index in [0.717, 1.165) is 24.3 Å². The molecular formula is C24H23F7N2O5S. The largest absolute Gasteiger partial charge is 0.430 e. The van der Waals surface area contributed by atoms with Crippen LogP contribution >= 0.6 is 0 Å². The van der Waals surface area contributed by atoms with Gasteiger partial charge in [0.1, 0.15) is 11.6 Å². The van der Waals surface area contributed by atoms with Crippen molar-refractivity contribution in [2.24, 2.45) is 11.7 Å². The summed E-state index contributed by atoms with van der Waals surface area (Å²) in [5, 5.41) is 9.79. The summed E-state index contributed by atoms with van der Waals surface area (Å²) in [6.45, 7) is 1.38. The average molecular weight is 585 g/mol. The summed E-state index contributed by atoms with van der Waals surface area (Å²) in [7, 11) is -4.62. The van der Waals surface area contributed by atoms with E-state index in [1.54, 1.807) is 0 Å². The fourth-order valence-corrected chi connectivity index (χ4v) is 6.09. The molecule has 0 saturated carbocycles. The fraction of sp³-hybridized carbons (Fsp3) is 0.417. The molecule has 2 aromatic carbocycles. The summed E-state index contributed by atoms with van der Waals surface area (Å²) in [6.07, 6.45) is -13.5. The number of carbonyl (C=O) groups excluding carboxylic acids is 2. The van der Waals surface area contributed by atoms with Crippen LogP contribution in [0.2, 0.25) is 0 Å². The summed E-state index contributed by atoms with van der Waals surface area (Å²) >= 11 is 0. The molecule has 1 amide bonds. The monoisotopic (exact) mass is 584 g/mol. The van der Waals surface area contributed by atoms with Crippen LogP contribution in [0.3, 0.4) is 0 Å². The number of nitrogens with zero attached hydrogens (tertiary/aromatic N) is 1. The van der Waals surface area contributed by atoms with E-state index in [-0.39, 0.29) is 30.5 Å². The summed E-state index contributed by atoms with van der Waals surface area (Å²) in [5.74, 6) is -2.99. The van der Waals surface area contributed by atoms with Gasteiger partial charge in [-0.25, -0.2) is 12.8 Å². The SMILES string of the molecule is C[C@H](CC(=O)C[C@@H]1CCc2cc(C(O)(C(F)(F)F)C(F)(F)F)ccc2N1S(=O)(=O)c1ccc(F)cc1)C(N)=O. The molecule has 0 unspecified atom stereocenters. The minimum Gasteiger partial charge on any atom is -0.369 e. The predicted octanol–water partition coefficient (Wildman–Crippen LogP) is 4.12. The van der Waals surface area contributed by atoms with E-state index in [1.807, 2.05) is 0 Å². The number of halogens is 7. The van der Waals surface area contributed by atoms with Gasteiger partial charge in [0.05, 0.1) is 16.6 Å². The number of fused-ring (bicyclic) bond motifs is 1. The lowest BCUT2D eigenvalue weighted by molar-refractivity contribution is -0.376. The molecule has 0 fully saturated rings. The highest BCUT2D eigenvalue weighted by Gasteiger charge is 2.71. The number of hydrogen-bond donors (Lipinski definition) is 2. The van der Waals surface area contributed by atoms with Crippen LogP contribution in [0.25, 0.3) is 0 Å². The van der Waals surface area contributed by atoms with Gasteiger partial charge >= 0.3 is 12.4 Å². The molecule has 3 rings (SSSR count). The molecular weight excluding hydrogens is 561 g/mol. The van der Waals surface area contributed by atoms with Crippen LogP contribution in [0, 0.1) is 11.7 Å². The molecule has 0 spiro atoms. The van der Waals surface area contributed by atoms with Gasteiger partial charge in [0.25, 0.3) is 15.6 Å². The molecule has 0 bridgehead atoms. The van der Waals surface area contributed by atoms with E-state index in [1.165, 1.54) is 6.92 Å². The second kappa shape index (κ2) is 10.4. The highest BCUT2D eigenvalue weighted by atomic mass is 32.2. The molecule has 0 saturated heterocycles. The predicted molar refractivity (Wildman–Crippen MR) is 123 cm³/mol. The second-order valence-corrected chi connectivity index (χ2v) is 11.1. The minimum atomic E-state index is -6.15. The van der Waals surface area contributed by atoms with Crippen LogP contribution in [0.4, 0.5) is 36.4 Å². The Hall–Kier alpha value is -3.20.